The summed E-state index contributed by atoms with van der Waals surface area (Å²) in [5.41, 5.74) is -1.06. The van der Waals surface area contributed by atoms with Crippen molar-refractivity contribution < 1.29 is 19.2 Å². The van der Waals surface area contributed by atoms with E-state index < -0.39 is 10.8 Å². The summed E-state index contributed by atoms with van der Waals surface area (Å²) >= 11 is 0. The summed E-state index contributed by atoms with van der Waals surface area (Å²) in [7, 11) is 0. The number of allylic oxidation sites excluding steroid dienone is 4. The summed E-state index contributed by atoms with van der Waals surface area (Å²) in [6, 6.07) is 0. The van der Waals surface area contributed by atoms with Crippen molar-refractivity contribution in [3.8, 4) is 0 Å². The van der Waals surface area contributed by atoms with Crippen molar-refractivity contribution in [1.29, 1.82) is 0 Å². The van der Waals surface area contributed by atoms with E-state index in [0.717, 1.165) is 38.5 Å². The molecule has 4 bridgehead atoms. The van der Waals surface area contributed by atoms with E-state index in [0.29, 0.717) is 13.1 Å². The van der Waals surface area contributed by atoms with Gasteiger partial charge in [0.05, 0.1) is 22.7 Å². The van der Waals surface area contributed by atoms with Gasteiger partial charge in [-0.25, -0.2) is 0 Å². The lowest BCUT2D eigenvalue weighted by Crippen LogP contribution is -2.38. The third-order valence-corrected chi connectivity index (χ3v) is 9.91. The fraction of sp³-hybridized carbons (Fsp3) is 0.692. The molecule has 0 spiro atoms. The molecule has 0 aromatic heterocycles. The third kappa shape index (κ3) is 2.31. The lowest BCUT2D eigenvalue weighted by atomic mass is 9.71. The van der Waals surface area contributed by atoms with E-state index in [1.54, 1.807) is 0 Å². The Labute approximate surface area is 189 Å². The Hall–Kier alpha value is -2.24. The summed E-state index contributed by atoms with van der Waals surface area (Å²) in [6.07, 6.45) is 13.7. The van der Waals surface area contributed by atoms with Gasteiger partial charge in [-0.2, -0.15) is 0 Å². The molecule has 6 rings (SSSR count). The van der Waals surface area contributed by atoms with Gasteiger partial charge in [0.2, 0.25) is 23.6 Å². The van der Waals surface area contributed by atoms with E-state index in [-0.39, 0.29) is 59.1 Å². The van der Waals surface area contributed by atoms with Crippen LogP contribution in [0.4, 0.5) is 0 Å². The summed E-state index contributed by atoms with van der Waals surface area (Å²) in [5, 5.41) is 0. The van der Waals surface area contributed by atoms with Gasteiger partial charge in [0, 0.05) is 13.1 Å². The van der Waals surface area contributed by atoms with Crippen LogP contribution in [0.15, 0.2) is 24.3 Å². The van der Waals surface area contributed by atoms with Gasteiger partial charge in [0.1, 0.15) is 0 Å². The van der Waals surface area contributed by atoms with Crippen LogP contribution in [0.3, 0.4) is 0 Å². The number of likely N-dealkylation sites (tertiary alicyclic amines) is 2. The van der Waals surface area contributed by atoms with Crippen molar-refractivity contribution >= 4 is 23.6 Å². The number of carbonyl (C=O) groups excluding carboxylic acids is 4. The largest absolute Gasteiger partial charge is 0.282 e. The SMILES string of the molecule is C[C@@]12C(=O)N(CCCCCCN3C(=O)[C@@H]4[C@H]5C=C[C@@H](C5)[C@]4(C)C3=O)C(=O)[C@H]1[C@H]1C=C[C@H]2C1. The second kappa shape index (κ2) is 6.64. The van der Waals surface area contributed by atoms with Gasteiger partial charge in [-0.1, -0.05) is 37.1 Å². The Morgan fingerprint density at radius 1 is 0.688 bits per heavy atom. The van der Waals surface area contributed by atoms with Crippen molar-refractivity contribution in [3.05, 3.63) is 24.3 Å². The van der Waals surface area contributed by atoms with E-state index in [2.05, 4.69) is 24.3 Å². The predicted molar refractivity (Wildman–Crippen MR) is 117 cm³/mol. The Balaban J connectivity index is 0.985. The Kier molecular flexibility index (Phi) is 4.23. The maximum absolute atomic E-state index is 13.0. The highest BCUT2D eigenvalue weighted by atomic mass is 16.2. The van der Waals surface area contributed by atoms with Gasteiger partial charge in [-0.3, -0.25) is 29.0 Å². The highest BCUT2D eigenvalue weighted by Gasteiger charge is 2.68. The average Bonchev–Trinajstić information content (AvgIpc) is 3.57. The molecular weight excluding hydrogens is 404 g/mol. The van der Waals surface area contributed by atoms with Crippen LogP contribution in [0.5, 0.6) is 0 Å². The van der Waals surface area contributed by atoms with Gasteiger partial charge in [-0.15, -0.1) is 0 Å². The summed E-state index contributed by atoms with van der Waals surface area (Å²) in [4.78, 5) is 55.0. The van der Waals surface area contributed by atoms with Crippen molar-refractivity contribution in [2.45, 2.75) is 52.4 Å². The van der Waals surface area contributed by atoms with Crippen LogP contribution >= 0.6 is 0 Å². The molecule has 0 unspecified atom stereocenters. The lowest BCUT2D eigenvalue weighted by molar-refractivity contribution is -0.143. The first-order chi connectivity index (χ1) is 15.3. The number of carbonyl (C=O) groups is 4. The van der Waals surface area contributed by atoms with Gasteiger partial charge in [-0.05, 0) is 63.2 Å². The first kappa shape index (κ1) is 20.4. The minimum absolute atomic E-state index is 0.0145. The maximum atomic E-state index is 13.0. The first-order valence-electron chi connectivity index (χ1n) is 12.4. The zero-order chi connectivity index (χ0) is 22.4. The number of imide groups is 2. The average molecular weight is 437 g/mol. The number of nitrogens with zero attached hydrogens (tertiary/aromatic N) is 2. The van der Waals surface area contributed by atoms with Crippen LogP contribution < -0.4 is 0 Å². The Morgan fingerprint density at radius 3 is 1.47 bits per heavy atom. The molecule has 2 saturated carbocycles. The van der Waals surface area contributed by atoms with E-state index in [9.17, 15) is 19.2 Å². The molecular formula is C26H32N2O4. The molecule has 0 N–H and O–H groups in total. The molecule has 4 amide bonds. The van der Waals surface area contributed by atoms with E-state index in [1.165, 1.54) is 9.80 Å². The quantitative estimate of drug-likeness (QED) is 0.349. The van der Waals surface area contributed by atoms with Crippen LogP contribution in [-0.4, -0.2) is 46.5 Å². The van der Waals surface area contributed by atoms with Crippen molar-refractivity contribution in [2.75, 3.05) is 13.1 Å². The fourth-order valence-electron chi connectivity index (χ4n) is 8.09. The topological polar surface area (TPSA) is 74.8 Å². The Morgan fingerprint density at radius 2 is 1.09 bits per heavy atom. The molecule has 8 atom stereocenters. The number of amides is 4. The second-order valence-corrected chi connectivity index (χ2v) is 11.3. The number of fused-ring (bicyclic) bond motifs is 10. The fourth-order valence-corrected chi connectivity index (χ4v) is 8.09. The molecule has 4 fully saturated rings. The second-order valence-electron chi connectivity index (χ2n) is 11.3. The molecule has 6 nitrogen and oxygen atoms in total. The smallest absolute Gasteiger partial charge is 0.236 e. The molecule has 0 aromatic rings. The molecule has 0 radical (unpaired) electrons. The molecule has 170 valence electrons. The van der Waals surface area contributed by atoms with Gasteiger partial charge in [0.25, 0.3) is 0 Å². The monoisotopic (exact) mass is 436 g/mol. The summed E-state index contributed by atoms with van der Waals surface area (Å²) < 4.78 is 0. The van der Waals surface area contributed by atoms with Crippen molar-refractivity contribution in [3.63, 3.8) is 0 Å². The van der Waals surface area contributed by atoms with Gasteiger partial charge < -0.3 is 0 Å². The number of hydrogen-bond acceptors (Lipinski definition) is 4. The van der Waals surface area contributed by atoms with Gasteiger partial charge >= 0.3 is 0 Å². The molecule has 0 aromatic carbocycles. The lowest BCUT2D eigenvalue weighted by Gasteiger charge is -2.28. The standard InChI is InChI=1S/C26H32N2O4/c1-25-17-9-7-15(13-17)19(25)21(29)27(23(25)31)11-5-3-4-6-12-28-22(30)20-16-8-10-18(14-16)26(20,2)24(28)32/h7-10,15-20H,3-6,11-14H2,1-2H3/t15-,16-,17-,18-,19-,20+,25-,26-/m0/s1. The van der Waals surface area contributed by atoms with E-state index in [1.807, 2.05) is 13.8 Å². The molecule has 6 heteroatoms. The number of rotatable bonds is 7. The predicted octanol–water partition coefficient (Wildman–Crippen LogP) is 2.94. The van der Waals surface area contributed by atoms with E-state index in [4.69, 9.17) is 0 Å². The number of unbranched alkanes of at least 4 members (excludes halogenated alkanes) is 3. The highest BCUT2D eigenvalue weighted by molar-refractivity contribution is 6.09. The minimum atomic E-state index is -0.532. The van der Waals surface area contributed by atoms with Crippen molar-refractivity contribution in [2.24, 2.45) is 46.3 Å². The molecule has 2 saturated heterocycles. The molecule has 4 aliphatic carbocycles. The van der Waals surface area contributed by atoms with Crippen molar-refractivity contribution in [1.82, 2.24) is 9.80 Å². The molecule has 6 aliphatic rings. The van der Waals surface area contributed by atoms with Crippen LogP contribution in [0.25, 0.3) is 0 Å². The summed E-state index contributed by atoms with van der Waals surface area (Å²) in [5.74, 6) is 0.619. The third-order valence-electron chi connectivity index (χ3n) is 9.91. The maximum Gasteiger partial charge on any atom is 0.236 e. The normalized spacial score (nSPS) is 45.2. The molecule has 2 heterocycles. The zero-order valence-corrected chi connectivity index (χ0v) is 19.0. The molecule has 32 heavy (non-hydrogen) atoms. The van der Waals surface area contributed by atoms with Gasteiger partial charge in [0.15, 0.2) is 0 Å². The highest BCUT2D eigenvalue weighted by Crippen LogP contribution is 2.61. The Bertz CT molecular complexity index is 906. The zero-order valence-electron chi connectivity index (χ0n) is 19.0. The summed E-state index contributed by atoms with van der Waals surface area (Å²) in [6.45, 7) is 4.93. The van der Waals surface area contributed by atoms with Crippen LogP contribution in [0.2, 0.25) is 0 Å². The van der Waals surface area contributed by atoms with Crippen LogP contribution in [-0.2, 0) is 19.2 Å². The number of hydrogen-bond donors (Lipinski definition) is 0. The van der Waals surface area contributed by atoms with Crippen LogP contribution in [0, 0.1) is 46.3 Å². The van der Waals surface area contributed by atoms with E-state index >= 15 is 0 Å². The van der Waals surface area contributed by atoms with Crippen LogP contribution in [0.1, 0.15) is 52.4 Å². The molecule has 2 aliphatic heterocycles. The minimum Gasteiger partial charge on any atom is -0.282 e. The first-order valence-corrected chi connectivity index (χ1v) is 12.4.